The minimum absolute atomic E-state index is 0.00218. The maximum Gasteiger partial charge on any atom is 0.322 e. The predicted molar refractivity (Wildman–Crippen MR) is 131 cm³/mol. The Kier molecular flexibility index (Phi) is 8.70. The zero-order valence-corrected chi connectivity index (χ0v) is 19.7. The van der Waals surface area contributed by atoms with Crippen LogP contribution in [0.1, 0.15) is 37.2 Å². The molecule has 6 nitrogen and oxygen atoms in total. The number of aryl methyl sites for hydroxylation is 1. The van der Waals surface area contributed by atoms with Crippen molar-refractivity contribution in [2.75, 3.05) is 18.4 Å². The molecule has 3 amide bonds. The molecule has 0 spiro atoms. The summed E-state index contributed by atoms with van der Waals surface area (Å²) in [5, 5.41) is 2.93. The lowest BCUT2D eigenvalue weighted by atomic mass is 10.1. The molecular formula is C27H33N3O3. The molecule has 6 heteroatoms. The van der Waals surface area contributed by atoms with Crippen molar-refractivity contribution < 1.29 is 14.0 Å². The van der Waals surface area contributed by atoms with Gasteiger partial charge < -0.3 is 19.5 Å². The van der Waals surface area contributed by atoms with Crippen LogP contribution in [0, 0.1) is 6.92 Å². The van der Waals surface area contributed by atoms with Crippen LogP contribution in [0.4, 0.5) is 10.5 Å². The van der Waals surface area contributed by atoms with Crippen LogP contribution < -0.4 is 5.32 Å². The molecule has 0 saturated heterocycles. The first-order chi connectivity index (χ1) is 16.0. The Bertz CT molecular complexity index is 1000. The SMILES string of the molecule is CCC(C)N(CC(=O)N(CCc1ccccc1)Cc1ccco1)C(=O)Nc1ccc(C)cc1. The molecule has 1 unspecified atom stereocenters. The first-order valence-corrected chi connectivity index (χ1v) is 11.4. The summed E-state index contributed by atoms with van der Waals surface area (Å²) in [6.45, 7) is 6.88. The lowest BCUT2D eigenvalue weighted by Crippen LogP contribution is -2.48. The van der Waals surface area contributed by atoms with Crippen molar-refractivity contribution in [2.24, 2.45) is 0 Å². The van der Waals surface area contributed by atoms with Gasteiger partial charge in [0.05, 0.1) is 12.8 Å². The zero-order valence-electron chi connectivity index (χ0n) is 19.7. The molecule has 33 heavy (non-hydrogen) atoms. The summed E-state index contributed by atoms with van der Waals surface area (Å²) in [5.74, 6) is 0.609. The summed E-state index contributed by atoms with van der Waals surface area (Å²) >= 11 is 0. The number of anilines is 1. The molecule has 0 radical (unpaired) electrons. The number of rotatable bonds is 10. The Morgan fingerprint density at radius 1 is 1.00 bits per heavy atom. The molecule has 0 aliphatic carbocycles. The molecule has 3 aromatic rings. The van der Waals surface area contributed by atoms with Gasteiger partial charge in [-0.05, 0) is 56.5 Å². The number of carbonyl (C=O) groups is 2. The van der Waals surface area contributed by atoms with E-state index in [0.29, 0.717) is 18.8 Å². The number of nitrogens with zero attached hydrogens (tertiary/aromatic N) is 2. The minimum Gasteiger partial charge on any atom is -0.467 e. The van der Waals surface area contributed by atoms with Gasteiger partial charge in [-0.2, -0.15) is 0 Å². The van der Waals surface area contributed by atoms with Crippen molar-refractivity contribution in [3.05, 3.63) is 89.9 Å². The van der Waals surface area contributed by atoms with Crippen LogP contribution in [0.15, 0.2) is 77.4 Å². The molecule has 174 valence electrons. The van der Waals surface area contributed by atoms with E-state index < -0.39 is 0 Å². The summed E-state index contributed by atoms with van der Waals surface area (Å²) in [4.78, 5) is 29.8. The highest BCUT2D eigenvalue weighted by molar-refractivity contribution is 5.92. The van der Waals surface area contributed by atoms with Gasteiger partial charge >= 0.3 is 6.03 Å². The monoisotopic (exact) mass is 447 g/mol. The van der Waals surface area contributed by atoms with Gasteiger partial charge in [0.15, 0.2) is 0 Å². The maximum atomic E-state index is 13.4. The molecule has 1 heterocycles. The molecule has 1 atom stereocenters. The molecular weight excluding hydrogens is 414 g/mol. The van der Waals surface area contributed by atoms with E-state index in [4.69, 9.17) is 4.42 Å². The predicted octanol–water partition coefficient (Wildman–Crippen LogP) is 5.49. The molecule has 0 fully saturated rings. The molecule has 0 aliphatic heterocycles. The Labute approximate surface area is 196 Å². The number of amides is 3. The van der Waals surface area contributed by atoms with Crippen molar-refractivity contribution in [3.63, 3.8) is 0 Å². The molecule has 0 bridgehead atoms. The topological polar surface area (TPSA) is 65.8 Å². The van der Waals surface area contributed by atoms with Crippen LogP contribution >= 0.6 is 0 Å². The van der Waals surface area contributed by atoms with Crippen molar-refractivity contribution in [2.45, 2.75) is 46.2 Å². The second-order valence-electron chi connectivity index (χ2n) is 8.31. The number of hydrogen-bond donors (Lipinski definition) is 1. The molecule has 2 aromatic carbocycles. The van der Waals surface area contributed by atoms with Gasteiger partial charge in [0.25, 0.3) is 0 Å². The minimum atomic E-state index is -0.275. The third-order valence-corrected chi connectivity index (χ3v) is 5.78. The van der Waals surface area contributed by atoms with E-state index in [1.807, 2.05) is 75.4 Å². The second-order valence-corrected chi connectivity index (χ2v) is 8.31. The Balaban J connectivity index is 1.72. The lowest BCUT2D eigenvalue weighted by Gasteiger charge is -2.31. The van der Waals surface area contributed by atoms with Crippen molar-refractivity contribution in [1.29, 1.82) is 0 Å². The molecule has 1 aromatic heterocycles. The smallest absolute Gasteiger partial charge is 0.322 e. The van der Waals surface area contributed by atoms with Gasteiger partial charge in [-0.3, -0.25) is 4.79 Å². The number of carbonyl (C=O) groups excluding carboxylic acids is 2. The molecule has 1 N–H and O–H groups in total. The normalized spacial score (nSPS) is 11.6. The number of furan rings is 1. The quantitative estimate of drug-likeness (QED) is 0.447. The van der Waals surface area contributed by atoms with Gasteiger partial charge in [-0.1, -0.05) is 55.0 Å². The third kappa shape index (κ3) is 7.24. The Hall–Kier alpha value is -3.54. The first-order valence-electron chi connectivity index (χ1n) is 11.4. The summed E-state index contributed by atoms with van der Waals surface area (Å²) in [7, 11) is 0. The fourth-order valence-corrected chi connectivity index (χ4v) is 3.52. The lowest BCUT2D eigenvalue weighted by molar-refractivity contribution is -0.133. The van der Waals surface area contributed by atoms with Crippen LogP contribution in [0.5, 0.6) is 0 Å². The Morgan fingerprint density at radius 3 is 2.36 bits per heavy atom. The highest BCUT2D eigenvalue weighted by Gasteiger charge is 2.25. The summed E-state index contributed by atoms with van der Waals surface area (Å²) in [6, 6.07) is 21.0. The Morgan fingerprint density at radius 2 is 1.73 bits per heavy atom. The fourth-order valence-electron chi connectivity index (χ4n) is 3.52. The average molecular weight is 448 g/mol. The third-order valence-electron chi connectivity index (χ3n) is 5.78. The van der Waals surface area contributed by atoms with Crippen LogP contribution in [-0.2, 0) is 17.8 Å². The van der Waals surface area contributed by atoms with Gasteiger partial charge in [0, 0.05) is 18.3 Å². The van der Waals surface area contributed by atoms with Crippen LogP contribution in [-0.4, -0.2) is 40.9 Å². The molecule has 0 aliphatic rings. The number of urea groups is 1. The van der Waals surface area contributed by atoms with Gasteiger partial charge in [-0.25, -0.2) is 4.79 Å². The van der Waals surface area contributed by atoms with Gasteiger partial charge in [0.2, 0.25) is 5.91 Å². The molecule has 3 rings (SSSR count). The second kappa shape index (κ2) is 11.9. The number of nitrogens with one attached hydrogen (secondary N) is 1. The van der Waals surface area contributed by atoms with Crippen LogP contribution in [0.2, 0.25) is 0 Å². The highest BCUT2D eigenvalue weighted by atomic mass is 16.3. The summed E-state index contributed by atoms with van der Waals surface area (Å²) in [6.07, 6.45) is 3.08. The van der Waals surface area contributed by atoms with Crippen molar-refractivity contribution in [1.82, 2.24) is 9.80 Å². The van der Waals surface area contributed by atoms with Crippen LogP contribution in [0.25, 0.3) is 0 Å². The standard InChI is InChI=1S/C27H33N3O3/c1-4-22(3)30(27(32)28-24-14-12-21(2)13-15-24)20-26(31)29(19-25-11-8-18-33-25)17-16-23-9-6-5-7-10-23/h5-15,18,22H,4,16-17,19-20H2,1-3H3,(H,28,32). The average Bonchev–Trinajstić information content (AvgIpc) is 3.35. The number of benzene rings is 2. The van der Waals surface area contributed by atoms with Crippen LogP contribution in [0.3, 0.4) is 0 Å². The summed E-state index contributed by atoms with van der Waals surface area (Å²) < 4.78 is 5.49. The van der Waals surface area contributed by atoms with E-state index in [2.05, 4.69) is 17.4 Å². The van der Waals surface area contributed by atoms with Gasteiger partial charge in [0.1, 0.15) is 12.3 Å². The van der Waals surface area contributed by atoms with E-state index in [-0.39, 0.29) is 24.5 Å². The largest absolute Gasteiger partial charge is 0.467 e. The van der Waals surface area contributed by atoms with Crippen molar-refractivity contribution in [3.8, 4) is 0 Å². The van der Waals surface area contributed by atoms with Gasteiger partial charge in [-0.15, -0.1) is 0 Å². The summed E-state index contributed by atoms with van der Waals surface area (Å²) in [5.41, 5.74) is 2.99. The van der Waals surface area contributed by atoms with E-state index in [1.54, 1.807) is 16.1 Å². The number of hydrogen-bond acceptors (Lipinski definition) is 3. The fraction of sp³-hybridized carbons (Fsp3) is 0.333. The molecule has 0 saturated carbocycles. The van der Waals surface area contributed by atoms with E-state index in [9.17, 15) is 9.59 Å². The van der Waals surface area contributed by atoms with E-state index >= 15 is 0 Å². The highest BCUT2D eigenvalue weighted by Crippen LogP contribution is 2.14. The first kappa shape index (κ1) is 24.1. The van der Waals surface area contributed by atoms with Crippen molar-refractivity contribution >= 4 is 17.6 Å². The maximum absolute atomic E-state index is 13.4. The van der Waals surface area contributed by atoms with E-state index in [1.165, 1.54) is 0 Å². The zero-order chi connectivity index (χ0) is 23.6. The van der Waals surface area contributed by atoms with E-state index in [0.717, 1.165) is 29.7 Å².